The highest BCUT2D eigenvalue weighted by molar-refractivity contribution is 7.10. The van der Waals surface area contributed by atoms with Crippen LogP contribution in [0.3, 0.4) is 0 Å². The lowest BCUT2D eigenvalue weighted by Gasteiger charge is -2.29. The van der Waals surface area contributed by atoms with Crippen LogP contribution in [0.1, 0.15) is 37.3 Å². The van der Waals surface area contributed by atoms with Gasteiger partial charge in [0.25, 0.3) is 0 Å². The first-order valence-electron chi connectivity index (χ1n) is 6.36. The molecule has 0 fully saturated rings. The Labute approximate surface area is 110 Å². The van der Waals surface area contributed by atoms with Gasteiger partial charge in [-0.1, -0.05) is 13.8 Å². The van der Waals surface area contributed by atoms with E-state index in [1.54, 1.807) is 0 Å². The van der Waals surface area contributed by atoms with Crippen LogP contribution in [0.2, 0.25) is 0 Å². The minimum Gasteiger partial charge on any atom is -0.308 e. The highest BCUT2D eigenvalue weighted by Crippen LogP contribution is 2.24. The van der Waals surface area contributed by atoms with Crippen molar-refractivity contribution in [2.45, 2.75) is 39.8 Å². The number of nitrogens with zero attached hydrogens (tertiary/aromatic N) is 1. The zero-order chi connectivity index (χ0) is 13.0. The summed E-state index contributed by atoms with van der Waals surface area (Å²) in [5.74, 6) is 0.653. The van der Waals surface area contributed by atoms with Gasteiger partial charge >= 0.3 is 0 Å². The molecule has 0 saturated heterocycles. The third-order valence-electron chi connectivity index (χ3n) is 3.13. The van der Waals surface area contributed by atoms with Crippen molar-refractivity contribution in [3.8, 4) is 0 Å². The van der Waals surface area contributed by atoms with Gasteiger partial charge in [0.05, 0.1) is 0 Å². The maximum absolute atomic E-state index is 3.76. The summed E-state index contributed by atoms with van der Waals surface area (Å²) in [5, 5.41) is 5.94. The van der Waals surface area contributed by atoms with Gasteiger partial charge in [-0.05, 0) is 50.9 Å². The Morgan fingerprint density at radius 1 is 1.29 bits per heavy atom. The fraction of sp³-hybridized carbons (Fsp3) is 0.714. The summed E-state index contributed by atoms with van der Waals surface area (Å²) in [7, 11) is 4.27. The molecule has 0 aliphatic carbocycles. The molecule has 3 heteroatoms. The molecule has 1 rings (SSSR count). The second-order valence-electron chi connectivity index (χ2n) is 5.47. The number of hydrogen-bond acceptors (Lipinski definition) is 3. The predicted molar refractivity (Wildman–Crippen MR) is 77.8 cm³/mol. The quantitative estimate of drug-likeness (QED) is 0.838. The molecule has 0 aliphatic heterocycles. The van der Waals surface area contributed by atoms with E-state index in [-0.39, 0.29) is 0 Å². The Balaban J connectivity index is 2.64. The molecule has 2 atom stereocenters. The SMILES string of the molecule is Cc1ccsc1C(C)NC(CN(C)C)C(C)C. The van der Waals surface area contributed by atoms with E-state index in [4.69, 9.17) is 0 Å². The molecular formula is C14H26N2S. The Kier molecular flexibility index (Phi) is 5.63. The molecule has 98 valence electrons. The lowest BCUT2D eigenvalue weighted by molar-refractivity contribution is 0.274. The fourth-order valence-electron chi connectivity index (χ4n) is 2.07. The van der Waals surface area contributed by atoms with E-state index in [1.807, 2.05) is 11.3 Å². The van der Waals surface area contributed by atoms with Crippen molar-refractivity contribution in [2.24, 2.45) is 5.92 Å². The smallest absolute Gasteiger partial charge is 0.0391 e. The van der Waals surface area contributed by atoms with Gasteiger partial charge in [-0.2, -0.15) is 0 Å². The predicted octanol–water partition coefficient (Wildman–Crippen LogP) is 3.29. The Hall–Kier alpha value is -0.380. The number of thiophene rings is 1. The van der Waals surface area contributed by atoms with E-state index in [2.05, 4.69) is 63.5 Å². The Morgan fingerprint density at radius 2 is 1.94 bits per heavy atom. The minimum atomic E-state index is 0.447. The molecule has 0 aliphatic rings. The van der Waals surface area contributed by atoms with Crippen molar-refractivity contribution in [3.05, 3.63) is 21.9 Å². The van der Waals surface area contributed by atoms with Crippen molar-refractivity contribution >= 4 is 11.3 Å². The number of aryl methyl sites for hydroxylation is 1. The van der Waals surface area contributed by atoms with Crippen molar-refractivity contribution in [3.63, 3.8) is 0 Å². The van der Waals surface area contributed by atoms with Crippen LogP contribution >= 0.6 is 11.3 Å². The van der Waals surface area contributed by atoms with E-state index >= 15 is 0 Å². The van der Waals surface area contributed by atoms with Gasteiger partial charge in [-0.3, -0.25) is 0 Å². The number of rotatable bonds is 6. The van der Waals surface area contributed by atoms with E-state index in [9.17, 15) is 0 Å². The second kappa shape index (κ2) is 6.53. The fourth-order valence-corrected chi connectivity index (χ4v) is 3.02. The van der Waals surface area contributed by atoms with E-state index in [0.29, 0.717) is 18.0 Å². The van der Waals surface area contributed by atoms with E-state index in [0.717, 1.165) is 6.54 Å². The minimum absolute atomic E-state index is 0.447. The van der Waals surface area contributed by atoms with Gasteiger partial charge in [0, 0.05) is 23.5 Å². The summed E-state index contributed by atoms with van der Waals surface area (Å²) in [4.78, 5) is 3.72. The number of likely N-dealkylation sites (N-methyl/N-ethyl adjacent to an activating group) is 1. The molecule has 0 bridgehead atoms. The van der Waals surface area contributed by atoms with Crippen molar-refractivity contribution < 1.29 is 0 Å². The van der Waals surface area contributed by atoms with Gasteiger partial charge in [-0.25, -0.2) is 0 Å². The molecule has 1 N–H and O–H groups in total. The zero-order valence-corrected chi connectivity index (χ0v) is 12.8. The van der Waals surface area contributed by atoms with Gasteiger partial charge in [0.1, 0.15) is 0 Å². The first-order valence-corrected chi connectivity index (χ1v) is 7.24. The maximum atomic E-state index is 3.76. The normalized spacial score (nSPS) is 15.5. The Bertz CT molecular complexity index is 331. The summed E-state index contributed by atoms with van der Waals surface area (Å²) in [6, 6.07) is 3.19. The van der Waals surface area contributed by atoms with Crippen molar-refractivity contribution in [1.29, 1.82) is 0 Å². The van der Waals surface area contributed by atoms with Gasteiger partial charge in [-0.15, -0.1) is 11.3 Å². The lowest BCUT2D eigenvalue weighted by Crippen LogP contribution is -2.43. The molecular weight excluding hydrogens is 228 g/mol. The van der Waals surface area contributed by atoms with Crippen molar-refractivity contribution in [1.82, 2.24) is 10.2 Å². The van der Waals surface area contributed by atoms with Crippen molar-refractivity contribution in [2.75, 3.05) is 20.6 Å². The first kappa shape index (κ1) is 14.7. The van der Waals surface area contributed by atoms with Crippen LogP contribution < -0.4 is 5.32 Å². The first-order chi connectivity index (χ1) is 7.91. The average molecular weight is 254 g/mol. The van der Waals surface area contributed by atoms with Crippen LogP contribution in [0.25, 0.3) is 0 Å². The topological polar surface area (TPSA) is 15.3 Å². The summed E-state index contributed by atoms with van der Waals surface area (Å²) in [6.07, 6.45) is 0. The standard InChI is InChI=1S/C14H26N2S/c1-10(2)13(9-16(5)6)15-12(4)14-11(3)7-8-17-14/h7-8,10,12-13,15H,9H2,1-6H3. The highest BCUT2D eigenvalue weighted by Gasteiger charge is 2.18. The zero-order valence-electron chi connectivity index (χ0n) is 11.9. The van der Waals surface area contributed by atoms with Crippen LogP contribution in [0.5, 0.6) is 0 Å². The molecule has 2 unspecified atom stereocenters. The molecule has 1 aromatic heterocycles. The Morgan fingerprint density at radius 3 is 2.35 bits per heavy atom. The van der Waals surface area contributed by atoms with Crippen LogP contribution in [0, 0.1) is 12.8 Å². The molecule has 0 aromatic carbocycles. The van der Waals surface area contributed by atoms with Gasteiger partial charge in [0.15, 0.2) is 0 Å². The van der Waals surface area contributed by atoms with E-state index in [1.165, 1.54) is 10.4 Å². The van der Waals surface area contributed by atoms with Crippen LogP contribution in [0.15, 0.2) is 11.4 Å². The maximum Gasteiger partial charge on any atom is 0.0391 e. The lowest BCUT2D eigenvalue weighted by atomic mass is 10.0. The largest absolute Gasteiger partial charge is 0.308 e. The third kappa shape index (κ3) is 4.41. The molecule has 0 radical (unpaired) electrons. The molecule has 2 nitrogen and oxygen atoms in total. The summed E-state index contributed by atoms with van der Waals surface area (Å²) in [6.45, 7) is 10.1. The second-order valence-corrected chi connectivity index (χ2v) is 6.42. The van der Waals surface area contributed by atoms with Gasteiger partial charge < -0.3 is 10.2 Å². The summed E-state index contributed by atoms with van der Waals surface area (Å²) in [5.41, 5.74) is 1.40. The monoisotopic (exact) mass is 254 g/mol. The molecule has 0 amide bonds. The number of hydrogen-bond donors (Lipinski definition) is 1. The van der Waals surface area contributed by atoms with Crippen LogP contribution in [0.4, 0.5) is 0 Å². The van der Waals surface area contributed by atoms with Crippen LogP contribution in [-0.4, -0.2) is 31.6 Å². The molecule has 17 heavy (non-hydrogen) atoms. The average Bonchev–Trinajstić information content (AvgIpc) is 2.62. The highest BCUT2D eigenvalue weighted by atomic mass is 32.1. The summed E-state index contributed by atoms with van der Waals surface area (Å²) < 4.78 is 0. The van der Waals surface area contributed by atoms with E-state index < -0.39 is 0 Å². The number of nitrogens with one attached hydrogen (secondary N) is 1. The third-order valence-corrected chi connectivity index (χ3v) is 4.33. The molecule has 0 saturated carbocycles. The van der Waals surface area contributed by atoms with Gasteiger partial charge in [0.2, 0.25) is 0 Å². The molecule has 1 aromatic rings. The molecule has 0 spiro atoms. The molecule has 1 heterocycles. The summed E-state index contributed by atoms with van der Waals surface area (Å²) >= 11 is 1.85. The van der Waals surface area contributed by atoms with Crippen LogP contribution in [-0.2, 0) is 0 Å².